The molecule has 0 aromatic heterocycles. The number of hydrogen-bond acceptors (Lipinski definition) is 4. The highest BCUT2D eigenvalue weighted by molar-refractivity contribution is 5.46. The summed E-state index contributed by atoms with van der Waals surface area (Å²) < 4.78 is 11.0. The van der Waals surface area contributed by atoms with Gasteiger partial charge >= 0.3 is 0 Å². The molecule has 22 heavy (non-hydrogen) atoms. The molecule has 1 atom stereocenters. The molecule has 1 aromatic rings. The first-order valence-electron chi connectivity index (χ1n) is 8.48. The Hall–Kier alpha value is -1.26. The second-order valence-corrected chi connectivity index (χ2v) is 6.43. The highest BCUT2D eigenvalue weighted by Crippen LogP contribution is 2.32. The maximum atomic E-state index is 5.57. The van der Waals surface area contributed by atoms with Gasteiger partial charge in [0.1, 0.15) is 0 Å². The van der Waals surface area contributed by atoms with Crippen LogP contribution in [0.15, 0.2) is 18.2 Å². The number of rotatable bonds is 5. The normalized spacial score (nSPS) is 23.6. The number of piperidine rings is 1. The van der Waals surface area contributed by atoms with E-state index in [0.717, 1.165) is 24.1 Å². The van der Waals surface area contributed by atoms with Crippen molar-refractivity contribution in [1.29, 1.82) is 0 Å². The first-order valence-corrected chi connectivity index (χ1v) is 8.48. The van der Waals surface area contributed by atoms with Gasteiger partial charge in [0, 0.05) is 24.7 Å². The topological polar surface area (TPSA) is 24.9 Å². The summed E-state index contributed by atoms with van der Waals surface area (Å²) in [5, 5.41) is 0. The number of benzene rings is 1. The molecule has 1 unspecified atom stereocenters. The van der Waals surface area contributed by atoms with E-state index < -0.39 is 0 Å². The van der Waals surface area contributed by atoms with Crippen molar-refractivity contribution in [2.24, 2.45) is 0 Å². The number of para-hydroxylation sites is 1. The summed E-state index contributed by atoms with van der Waals surface area (Å²) >= 11 is 0. The Morgan fingerprint density at radius 2 is 1.86 bits per heavy atom. The lowest BCUT2D eigenvalue weighted by Crippen LogP contribution is -2.46. The van der Waals surface area contributed by atoms with E-state index in [1.165, 1.54) is 57.4 Å². The van der Waals surface area contributed by atoms with Crippen molar-refractivity contribution in [2.75, 3.05) is 40.4 Å². The van der Waals surface area contributed by atoms with Crippen molar-refractivity contribution in [2.45, 2.75) is 38.3 Å². The number of hydrogen-bond donors (Lipinski definition) is 0. The minimum absolute atomic E-state index is 0.743. The highest BCUT2D eigenvalue weighted by atomic mass is 16.5. The van der Waals surface area contributed by atoms with E-state index in [4.69, 9.17) is 9.47 Å². The molecule has 0 aliphatic carbocycles. The van der Waals surface area contributed by atoms with Gasteiger partial charge in [-0.25, -0.2) is 0 Å². The van der Waals surface area contributed by atoms with Crippen LogP contribution in [0, 0.1) is 0 Å². The molecule has 2 aliphatic heterocycles. The second-order valence-electron chi connectivity index (χ2n) is 6.43. The van der Waals surface area contributed by atoms with Gasteiger partial charge in [-0.15, -0.1) is 0 Å². The molecular formula is C18H28N2O2. The summed E-state index contributed by atoms with van der Waals surface area (Å²) in [5.74, 6) is 1.71. The standard InChI is InChI=1S/C18H28N2O2/c1-21-17-9-5-7-15(18(17)22-2)13-19-10-6-8-16(14-19)20-11-3-4-12-20/h5,7,9,16H,3-4,6,8,10-14H2,1-2H3. The largest absolute Gasteiger partial charge is 0.493 e. The van der Waals surface area contributed by atoms with Crippen LogP contribution in [0.25, 0.3) is 0 Å². The first-order chi connectivity index (χ1) is 10.8. The smallest absolute Gasteiger partial charge is 0.165 e. The number of methoxy groups -OCH3 is 2. The van der Waals surface area contributed by atoms with Crippen LogP contribution in [0.1, 0.15) is 31.2 Å². The molecule has 0 radical (unpaired) electrons. The predicted molar refractivity (Wildman–Crippen MR) is 88.7 cm³/mol. The number of ether oxygens (including phenoxy) is 2. The summed E-state index contributed by atoms with van der Waals surface area (Å²) in [6.07, 6.45) is 5.40. The average Bonchev–Trinajstić information content (AvgIpc) is 3.09. The fourth-order valence-corrected chi connectivity index (χ4v) is 3.90. The molecule has 0 saturated carbocycles. The van der Waals surface area contributed by atoms with Gasteiger partial charge < -0.3 is 9.47 Å². The lowest BCUT2D eigenvalue weighted by Gasteiger charge is -2.37. The highest BCUT2D eigenvalue weighted by Gasteiger charge is 2.27. The second kappa shape index (κ2) is 7.34. The zero-order valence-corrected chi connectivity index (χ0v) is 13.9. The van der Waals surface area contributed by atoms with Crippen LogP contribution in [0.2, 0.25) is 0 Å². The van der Waals surface area contributed by atoms with Crippen molar-refractivity contribution < 1.29 is 9.47 Å². The van der Waals surface area contributed by atoms with E-state index in [1.807, 2.05) is 6.07 Å². The van der Waals surface area contributed by atoms with Gasteiger partial charge in [0.15, 0.2) is 11.5 Å². The maximum Gasteiger partial charge on any atom is 0.165 e. The molecular weight excluding hydrogens is 276 g/mol. The van der Waals surface area contributed by atoms with Gasteiger partial charge in [0.25, 0.3) is 0 Å². The Kier molecular flexibility index (Phi) is 5.21. The van der Waals surface area contributed by atoms with Crippen LogP contribution in [0.3, 0.4) is 0 Å². The summed E-state index contributed by atoms with van der Waals surface area (Å²) in [5.41, 5.74) is 1.23. The molecule has 3 rings (SSSR count). The van der Waals surface area contributed by atoms with Gasteiger partial charge in [-0.05, 0) is 51.4 Å². The Morgan fingerprint density at radius 3 is 2.59 bits per heavy atom. The van der Waals surface area contributed by atoms with Gasteiger partial charge in [0.2, 0.25) is 0 Å². The Morgan fingerprint density at radius 1 is 1.05 bits per heavy atom. The third-order valence-electron chi connectivity index (χ3n) is 5.02. The van der Waals surface area contributed by atoms with E-state index in [2.05, 4.69) is 21.9 Å². The van der Waals surface area contributed by atoms with Gasteiger partial charge in [0.05, 0.1) is 14.2 Å². The van der Waals surface area contributed by atoms with Crippen molar-refractivity contribution >= 4 is 0 Å². The quantitative estimate of drug-likeness (QED) is 0.835. The monoisotopic (exact) mass is 304 g/mol. The molecule has 4 heteroatoms. The van der Waals surface area contributed by atoms with Crippen LogP contribution < -0.4 is 9.47 Å². The fourth-order valence-electron chi connectivity index (χ4n) is 3.90. The van der Waals surface area contributed by atoms with Crippen LogP contribution in [-0.4, -0.2) is 56.2 Å². The van der Waals surface area contributed by atoms with Crippen LogP contribution in [-0.2, 0) is 6.54 Å². The lowest BCUT2D eigenvalue weighted by atomic mass is 10.0. The van der Waals surface area contributed by atoms with E-state index >= 15 is 0 Å². The van der Waals surface area contributed by atoms with E-state index in [9.17, 15) is 0 Å². The molecule has 1 aromatic carbocycles. The Labute approximate surface area is 134 Å². The zero-order chi connectivity index (χ0) is 15.4. The third-order valence-corrected chi connectivity index (χ3v) is 5.02. The molecule has 2 aliphatic rings. The van der Waals surface area contributed by atoms with Gasteiger partial charge in [-0.1, -0.05) is 12.1 Å². The van der Waals surface area contributed by atoms with Crippen molar-refractivity contribution in [3.63, 3.8) is 0 Å². The van der Waals surface area contributed by atoms with Crippen molar-refractivity contribution in [3.8, 4) is 11.5 Å². The van der Waals surface area contributed by atoms with Gasteiger partial charge in [-0.3, -0.25) is 9.80 Å². The molecule has 2 heterocycles. The van der Waals surface area contributed by atoms with Crippen LogP contribution in [0.5, 0.6) is 11.5 Å². The summed E-state index contributed by atoms with van der Waals surface area (Å²) in [7, 11) is 3.43. The van der Waals surface area contributed by atoms with Crippen molar-refractivity contribution in [3.05, 3.63) is 23.8 Å². The van der Waals surface area contributed by atoms with E-state index in [0.29, 0.717) is 0 Å². The molecule has 122 valence electrons. The summed E-state index contributed by atoms with van der Waals surface area (Å²) in [6.45, 7) is 5.90. The minimum Gasteiger partial charge on any atom is -0.493 e. The molecule has 0 spiro atoms. The van der Waals surface area contributed by atoms with Crippen LogP contribution >= 0.6 is 0 Å². The Bertz CT molecular complexity index is 486. The summed E-state index contributed by atoms with van der Waals surface area (Å²) in [6, 6.07) is 6.91. The number of nitrogens with zero attached hydrogens (tertiary/aromatic N) is 2. The minimum atomic E-state index is 0.743. The van der Waals surface area contributed by atoms with E-state index in [1.54, 1.807) is 14.2 Å². The average molecular weight is 304 g/mol. The SMILES string of the molecule is COc1cccc(CN2CCCC(N3CCCC3)C2)c1OC. The molecule has 4 nitrogen and oxygen atoms in total. The molecule has 2 saturated heterocycles. The lowest BCUT2D eigenvalue weighted by molar-refractivity contribution is 0.110. The maximum absolute atomic E-state index is 5.57. The van der Waals surface area contributed by atoms with E-state index in [-0.39, 0.29) is 0 Å². The third kappa shape index (κ3) is 3.39. The predicted octanol–water partition coefficient (Wildman–Crippen LogP) is 2.76. The fraction of sp³-hybridized carbons (Fsp3) is 0.667. The van der Waals surface area contributed by atoms with Gasteiger partial charge in [-0.2, -0.15) is 0 Å². The molecule has 0 amide bonds. The molecule has 2 fully saturated rings. The van der Waals surface area contributed by atoms with Crippen molar-refractivity contribution in [1.82, 2.24) is 9.80 Å². The Balaban J connectivity index is 1.67. The zero-order valence-electron chi connectivity index (χ0n) is 13.9. The number of likely N-dealkylation sites (tertiary alicyclic amines) is 2. The molecule has 0 bridgehead atoms. The summed E-state index contributed by atoms with van der Waals surface area (Å²) in [4.78, 5) is 5.26. The van der Waals surface area contributed by atoms with Crippen LogP contribution in [0.4, 0.5) is 0 Å². The molecule has 0 N–H and O–H groups in total. The first kappa shape index (κ1) is 15.6.